The van der Waals surface area contributed by atoms with Gasteiger partial charge in [-0.1, -0.05) is 0 Å². The molecular weight excluding hydrogens is 144 g/mol. The van der Waals surface area contributed by atoms with Crippen LogP contribution in [-0.2, 0) is 14.3 Å². The maximum absolute atomic E-state index is 8.95. The zero-order valence-electron chi connectivity index (χ0n) is 7.00. The van der Waals surface area contributed by atoms with Gasteiger partial charge in [0.25, 0.3) is 6.47 Å². The molecule has 0 amide bonds. The Hall–Kier alpha value is -0.990. The van der Waals surface area contributed by atoms with Crippen molar-refractivity contribution in [1.82, 2.24) is 0 Å². The van der Waals surface area contributed by atoms with Crippen LogP contribution in [0.4, 0.5) is 0 Å². The number of rotatable bonds is 2. The van der Waals surface area contributed by atoms with Crippen molar-refractivity contribution in [2.45, 2.75) is 19.3 Å². The number of hydrogen-bond donors (Lipinski definition) is 0. The van der Waals surface area contributed by atoms with Crippen molar-refractivity contribution in [3.63, 3.8) is 0 Å². The quantitative estimate of drug-likeness (QED) is 0.451. The van der Waals surface area contributed by atoms with Crippen LogP contribution in [0.3, 0.4) is 0 Å². The third-order valence-corrected chi connectivity index (χ3v) is 1.38. The van der Waals surface area contributed by atoms with E-state index in [1.165, 1.54) is 31.9 Å². The molecule has 1 aliphatic carbocycles. The molecule has 11 heavy (non-hydrogen) atoms. The lowest BCUT2D eigenvalue weighted by Gasteiger charge is -2.14. The molecule has 0 radical (unpaired) electrons. The van der Waals surface area contributed by atoms with Crippen molar-refractivity contribution in [2.24, 2.45) is 0 Å². The molecule has 1 saturated carbocycles. The normalized spacial score (nSPS) is 13.5. The lowest BCUT2D eigenvalue weighted by atomic mass is 9.94. The van der Waals surface area contributed by atoms with E-state index in [9.17, 15) is 0 Å². The molecule has 0 heterocycles. The second-order valence-electron chi connectivity index (χ2n) is 2.20. The van der Waals surface area contributed by atoms with Crippen molar-refractivity contribution in [3.8, 4) is 0 Å². The van der Waals surface area contributed by atoms with Gasteiger partial charge < -0.3 is 9.47 Å². The van der Waals surface area contributed by atoms with Crippen LogP contribution in [0.15, 0.2) is 11.8 Å². The van der Waals surface area contributed by atoms with Gasteiger partial charge in [-0.3, -0.25) is 4.79 Å². The number of methoxy groups -OCH3 is 2. The molecule has 1 rings (SSSR count). The fourth-order valence-corrected chi connectivity index (χ4v) is 0.665. The topological polar surface area (TPSA) is 35.5 Å². The average molecular weight is 158 g/mol. The Kier molecular flexibility index (Phi) is 6.48. The molecule has 0 aromatic heterocycles. The van der Waals surface area contributed by atoms with Gasteiger partial charge in [0.2, 0.25) is 0 Å². The molecule has 0 aromatic carbocycles. The smallest absolute Gasteiger partial charge is 0.292 e. The predicted molar refractivity (Wildman–Crippen MR) is 42.0 cm³/mol. The Bertz CT molecular complexity index is 123. The third-order valence-electron chi connectivity index (χ3n) is 1.38. The monoisotopic (exact) mass is 158 g/mol. The van der Waals surface area contributed by atoms with Crippen molar-refractivity contribution in [2.75, 3.05) is 14.2 Å². The first-order valence-corrected chi connectivity index (χ1v) is 3.52. The molecule has 0 aliphatic heterocycles. The van der Waals surface area contributed by atoms with Crippen LogP contribution in [0, 0.1) is 0 Å². The number of carbonyl (C=O) groups is 1. The minimum absolute atomic E-state index is 0.375. The maximum Gasteiger partial charge on any atom is 0.292 e. The highest BCUT2D eigenvalue weighted by Crippen LogP contribution is 2.24. The zero-order chi connectivity index (χ0) is 8.53. The Morgan fingerprint density at radius 3 is 1.91 bits per heavy atom. The van der Waals surface area contributed by atoms with Crippen LogP contribution in [0.1, 0.15) is 19.3 Å². The van der Waals surface area contributed by atoms with Crippen molar-refractivity contribution in [3.05, 3.63) is 11.8 Å². The number of hydrogen-bond acceptors (Lipinski definition) is 3. The molecule has 0 spiro atoms. The van der Waals surface area contributed by atoms with Crippen LogP contribution in [0.5, 0.6) is 0 Å². The summed E-state index contributed by atoms with van der Waals surface area (Å²) in [5.41, 5.74) is 1.46. The molecule has 0 aromatic rings. The van der Waals surface area contributed by atoms with Crippen molar-refractivity contribution < 1.29 is 14.3 Å². The van der Waals surface area contributed by atoms with Gasteiger partial charge in [-0.05, 0) is 24.8 Å². The number of carbonyl (C=O) groups excluding carboxylic acids is 1. The van der Waals surface area contributed by atoms with E-state index in [1.807, 2.05) is 6.26 Å². The van der Waals surface area contributed by atoms with E-state index in [1.54, 1.807) is 7.11 Å². The van der Waals surface area contributed by atoms with E-state index >= 15 is 0 Å². The minimum atomic E-state index is 0.375. The minimum Gasteiger partial charge on any atom is -0.504 e. The fraction of sp³-hybridized carbons (Fsp3) is 0.625. The summed E-state index contributed by atoms with van der Waals surface area (Å²) < 4.78 is 8.64. The second-order valence-corrected chi connectivity index (χ2v) is 2.20. The van der Waals surface area contributed by atoms with Gasteiger partial charge in [0.15, 0.2) is 0 Å². The molecule has 1 fully saturated rings. The SMILES string of the molecule is COC=C1CCC1.COC=O. The lowest BCUT2D eigenvalue weighted by Crippen LogP contribution is -1.96. The lowest BCUT2D eigenvalue weighted by molar-refractivity contribution is -0.126. The van der Waals surface area contributed by atoms with Gasteiger partial charge in [-0.2, -0.15) is 0 Å². The first-order chi connectivity index (χ1) is 5.35. The second kappa shape index (κ2) is 7.12. The van der Waals surface area contributed by atoms with Crippen LogP contribution in [-0.4, -0.2) is 20.7 Å². The van der Waals surface area contributed by atoms with Gasteiger partial charge in [0, 0.05) is 0 Å². The molecule has 0 unspecified atom stereocenters. The molecule has 3 heteroatoms. The van der Waals surface area contributed by atoms with Gasteiger partial charge in [-0.15, -0.1) is 0 Å². The summed E-state index contributed by atoms with van der Waals surface area (Å²) in [5, 5.41) is 0. The Balaban J connectivity index is 0.000000218. The van der Waals surface area contributed by atoms with Gasteiger partial charge in [-0.25, -0.2) is 0 Å². The summed E-state index contributed by atoms with van der Waals surface area (Å²) >= 11 is 0. The molecule has 1 aliphatic rings. The Morgan fingerprint density at radius 1 is 1.27 bits per heavy atom. The van der Waals surface area contributed by atoms with Gasteiger partial charge in [0.05, 0.1) is 20.5 Å². The summed E-state index contributed by atoms with van der Waals surface area (Å²) in [5.74, 6) is 0. The van der Waals surface area contributed by atoms with Crippen molar-refractivity contribution >= 4 is 6.47 Å². The van der Waals surface area contributed by atoms with Crippen LogP contribution in [0.25, 0.3) is 0 Å². The summed E-state index contributed by atoms with van der Waals surface area (Å²) in [6.45, 7) is 0.375. The molecule has 3 nitrogen and oxygen atoms in total. The molecule has 0 N–H and O–H groups in total. The third kappa shape index (κ3) is 5.45. The largest absolute Gasteiger partial charge is 0.504 e. The summed E-state index contributed by atoms with van der Waals surface area (Å²) in [7, 11) is 3.01. The van der Waals surface area contributed by atoms with E-state index in [4.69, 9.17) is 9.53 Å². The molecule has 0 bridgehead atoms. The molecule has 0 atom stereocenters. The Morgan fingerprint density at radius 2 is 1.82 bits per heavy atom. The van der Waals surface area contributed by atoms with Crippen molar-refractivity contribution in [1.29, 1.82) is 0 Å². The first-order valence-electron chi connectivity index (χ1n) is 3.52. The van der Waals surface area contributed by atoms with E-state index in [2.05, 4.69) is 4.74 Å². The fourth-order valence-electron chi connectivity index (χ4n) is 0.665. The highest BCUT2D eigenvalue weighted by atomic mass is 16.5. The summed E-state index contributed by atoms with van der Waals surface area (Å²) in [6.07, 6.45) is 5.72. The summed E-state index contributed by atoms with van der Waals surface area (Å²) in [4.78, 5) is 8.95. The first kappa shape index (κ1) is 10.0. The van der Waals surface area contributed by atoms with Gasteiger partial charge in [0.1, 0.15) is 0 Å². The summed E-state index contributed by atoms with van der Waals surface area (Å²) in [6, 6.07) is 0. The van der Waals surface area contributed by atoms with E-state index in [-0.39, 0.29) is 0 Å². The number of ether oxygens (including phenoxy) is 2. The standard InChI is InChI=1S/C6H10O.C2H4O2/c1-7-5-6-3-2-4-6;1-4-2-3/h5H,2-4H2,1H3;2H,1H3. The Labute approximate surface area is 67.0 Å². The van der Waals surface area contributed by atoms with Crippen LogP contribution in [0.2, 0.25) is 0 Å². The predicted octanol–water partition coefficient (Wildman–Crippen LogP) is 1.49. The zero-order valence-corrected chi connectivity index (χ0v) is 7.00. The van der Waals surface area contributed by atoms with E-state index in [0.717, 1.165) is 0 Å². The van der Waals surface area contributed by atoms with E-state index < -0.39 is 0 Å². The highest BCUT2D eigenvalue weighted by Gasteiger charge is 2.06. The van der Waals surface area contributed by atoms with E-state index in [0.29, 0.717) is 6.47 Å². The highest BCUT2D eigenvalue weighted by molar-refractivity contribution is 5.36. The maximum atomic E-state index is 8.95. The van der Waals surface area contributed by atoms with Crippen LogP contribution >= 0.6 is 0 Å². The molecule has 64 valence electrons. The molecule has 0 saturated heterocycles. The molecular formula is C8H14O3. The van der Waals surface area contributed by atoms with Gasteiger partial charge >= 0.3 is 0 Å². The van der Waals surface area contributed by atoms with Crippen LogP contribution < -0.4 is 0 Å². The average Bonchev–Trinajstić information content (AvgIpc) is 1.97. The number of allylic oxidation sites excluding steroid dienone is 1.